The highest BCUT2D eigenvalue weighted by Gasteiger charge is 2.16. The molecule has 0 atom stereocenters. The average molecular weight is 390 g/mol. The predicted molar refractivity (Wildman–Crippen MR) is 92.3 cm³/mol. The van der Waals surface area contributed by atoms with E-state index in [0.717, 1.165) is 5.56 Å². The number of carbonyl (C=O) groups excluding carboxylic acids is 1. The van der Waals surface area contributed by atoms with Crippen molar-refractivity contribution in [1.82, 2.24) is 0 Å². The van der Waals surface area contributed by atoms with Crippen molar-refractivity contribution in [1.29, 1.82) is 5.26 Å². The lowest BCUT2D eigenvalue weighted by Crippen LogP contribution is -2.18. The van der Waals surface area contributed by atoms with Gasteiger partial charge in [-0.15, -0.1) is 0 Å². The van der Waals surface area contributed by atoms with Crippen molar-refractivity contribution < 1.29 is 19.0 Å². The molecule has 0 saturated heterocycles. The van der Waals surface area contributed by atoms with Crippen LogP contribution in [0.5, 0.6) is 17.2 Å². The predicted octanol–water partition coefficient (Wildman–Crippen LogP) is 4.01. The highest BCUT2D eigenvalue weighted by Crippen LogP contribution is 2.36. The molecule has 0 N–H and O–H groups in total. The number of nitriles is 1. The highest BCUT2D eigenvalue weighted by atomic mass is 79.9. The molecular formula is C18H16BrNO4. The summed E-state index contributed by atoms with van der Waals surface area (Å²) >= 11 is 3.29. The van der Waals surface area contributed by atoms with Crippen LogP contribution in [0.25, 0.3) is 0 Å². The van der Waals surface area contributed by atoms with E-state index in [0.29, 0.717) is 28.1 Å². The number of esters is 1. The first-order valence-corrected chi connectivity index (χ1v) is 8.09. The van der Waals surface area contributed by atoms with E-state index in [4.69, 9.17) is 19.5 Å². The summed E-state index contributed by atoms with van der Waals surface area (Å²) in [4.78, 5) is 12.0. The quantitative estimate of drug-likeness (QED) is 0.551. The van der Waals surface area contributed by atoms with Crippen molar-refractivity contribution in [2.45, 2.75) is 13.8 Å². The highest BCUT2D eigenvalue weighted by molar-refractivity contribution is 9.10. The fourth-order valence-corrected chi connectivity index (χ4v) is 2.51. The van der Waals surface area contributed by atoms with Gasteiger partial charge in [-0.3, -0.25) is 0 Å². The fraction of sp³-hybridized carbons (Fsp3) is 0.222. The second-order valence-electron chi connectivity index (χ2n) is 4.91. The Balaban J connectivity index is 2.09. The van der Waals surface area contributed by atoms with Crippen LogP contribution in [0.4, 0.5) is 0 Å². The lowest BCUT2D eigenvalue weighted by molar-refractivity contribution is -0.136. The summed E-state index contributed by atoms with van der Waals surface area (Å²) in [5.41, 5.74) is 1.44. The van der Waals surface area contributed by atoms with Crippen molar-refractivity contribution >= 4 is 21.9 Å². The second-order valence-corrected chi connectivity index (χ2v) is 5.76. The third-order valence-corrected chi connectivity index (χ3v) is 3.59. The van der Waals surface area contributed by atoms with Crippen LogP contribution in [0.3, 0.4) is 0 Å². The van der Waals surface area contributed by atoms with Crippen LogP contribution in [0, 0.1) is 18.3 Å². The van der Waals surface area contributed by atoms with Gasteiger partial charge in [0.05, 0.1) is 22.7 Å². The van der Waals surface area contributed by atoms with E-state index in [1.54, 1.807) is 19.1 Å². The van der Waals surface area contributed by atoms with E-state index < -0.39 is 5.97 Å². The maximum absolute atomic E-state index is 12.0. The zero-order chi connectivity index (χ0) is 17.5. The molecule has 0 aliphatic rings. The molecule has 0 heterocycles. The number of aryl methyl sites for hydroxylation is 1. The molecule has 6 heteroatoms. The lowest BCUT2D eigenvalue weighted by atomic mass is 10.2. The van der Waals surface area contributed by atoms with Gasteiger partial charge in [-0.2, -0.15) is 5.26 Å². The topological polar surface area (TPSA) is 68.5 Å². The van der Waals surface area contributed by atoms with Gasteiger partial charge in [0.15, 0.2) is 18.1 Å². The summed E-state index contributed by atoms with van der Waals surface area (Å²) in [6.45, 7) is 3.89. The number of ether oxygens (including phenoxy) is 3. The molecule has 124 valence electrons. The van der Waals surface area contributed by atoms with Gasteiger partial charge < -0.3 is 14.2 Å². The van der Waals surface area contributed by atoms with Crippen molar-refractivity contribution in [3.05, 3.63) is 52.0 Å². The first kappa shape index (κ1) is 17.8. The average Bonchev–Trinajstić information content (AvgIpc) is 2.56. The first-order chi connectivity index (χ1) is 11.5. The maximum Gasteiger partial charge on any atom is 0.349 e. The van der Waals surface area contributed by atoms with Gasteiger partial charge >= 0.3 is 5.97 Å². The van der Waals surface area contributed by atoms with Gasteiger partial charge in [0, 0.05) is 6.07 Å². The van der Waals surface area contributed by atoms with E-state index in [9.17, 15) is 4.79 Å². The van der Waals surface area contributed by atoms with Gasteiger partial charge in [0.25, 0.3) is 0 Å². The van der Waals surface area contributed by atoms with Crippen LogP contribution < -0.4 is 14.2 Å². The normalized spacial score (nSPS) is 9.92. The number of rotatable bonds is 6. The van der Waals surface area contributed by atoms with Crippen LogP contribution in [-0.2, 0) is 4.79 Å². The Morgan fingerprint density at radius 1 is 1.25 bits per heavy atom. The second kappa shape index (κ2) is 8.37. The molecule has 0 aliphatic heterocycles. The molecule has 0 fully saturated rings. The van der Waals surface area contributed by atoms with E-state index >= 15 is 0 Å². The first-order valence-electron chi connectivity index (χ1n) is 7.30. The summed E-state index contributed by atoms with van der Waals surface area (Å²) < 4.78 is 16.7. The van der Waals surface area contributed by atoms with E-state index in [1.165, 1.54) is 6.07 Å². The van der Waals surface area contributed by atoms with Crippen molar-refractivity contribution in [2.75, 3.05) is 13.2 Å². The Morgan fingerprint density at radius 3 is 2.71 bits per heavy atom. The van der Waals surface area contributed by atoms with Crippen molar-refractivity contribution in [3.8, 4) is 23.3 Å². The zero-order valence-corrected chi connectivity index (χ0v) is 14.9. The SMILES string of the molecule is CCOc1cc(C#N)cc(Br)c1OC(=O)COc1cccc(C)c1. The number of halogens is 1. The molecule has 0 radical (unpaired) electrons. The van der Waals surface area contributed by atoms with Crippen LogP contribution in [-0.4, -0.2) is 19.2 Å². The van der Waals surface area contributed by atoms with Crippen LogP contribution in [0.2, 0.25) is 0 Å². The Bertz CT molecular complexity index is 783. The molecule has 0 saturated carbocycles. The molecule has 5 nitrogen and oxygen atoms in total. The van der Waals surface area contributed by atoms with Crippen molar-refractivity contribution in [3.63, 3.8) is 0 Å². The standard InChI is InChI=1S/C18H16BrNO4/c1-3-22-16-9-13(10-20)8-15(19)18(16)24-17(21)11-23-14-6-4-5-12(2)7-14/h4-9H,3,11H2,1-2H3. The van der Waals surface area contributed by atoms with Crippen molar-refractivity contribution in [2.24, 2.45) is 0 Å². The summed E-state index contributed by atoms with van der Waals surface area (Å²) in [5.74, 6) is 0.583. The number of nitrogens with zero attached hydrogens (tertiary/aromatic N) is 1. The number of hydrogen-bond acceptors (Lipinski definition) is 5. The van der Waals surface area contributed by atoms with Gasteiger partial charge in [0.1, 0.15) is 5.75 Å². The minimum Gasteiger partial charge on any atom is -0.490 e. The Kier molecular flexibility index (Phi) is 6.21. The molecular weight excluding hydrogens is 374 g/mol. The van der Waals surface area contributed by atoms with Crippen LogP contribution in [0.15, 0.2) is 40.9 Å². The molecule has 0 bridgehead atoms. The summed E-state index contributed by atoms with van der Waals surface area (Å²) in [5, 5.41) is 9.01. The van der Waals surface area contributed by atoms with E-state index in [1.807, 2.05) is 31.2 Å². The van der Waals surface area contributed by atoms with Gasteiger partial charge in [-0.25, -0.2) is 4.79 Å². The molecule has 24 heavy (non-hydrogen) atoms. The summed E-state index contributed by atoms with van der Waals surface area (Å²) in [6.07, 6.45) is 0. The molecule has 2 aromatic carbocycles. The smallest absolute Gasteiger partial charge is 0.349 e. The van der Waals surface area contributed by atoms with Gasteiger partial charge in [-0.1, -0.05) is 12.1 Å². The van der Waals surface area contributed by atoms with Gasteiger partial charge in [-0.05, 0) is 53.5 Å². The van der Waals surface area contributed by atoms with Gasteiger partial charge in [0.2, 0.25) is 0 Å². The Hall–Kier alpha value is -2.52. The third kappa shape index (κ3) is 4.74. The third-order valence-electron chi connectivity index (χ3n) is 3.00. The van der Waals surface area contributed by atoms with E-state index in [2.05, 4.69) is 15.9 Å². The minimum absolute atomic E-state index is 0.230. The zero-order valence-electron chi connectivity index (χ0n) is 13.3. The Morgan fingerprint density at radius 2 is 2.04 bits per heavy atom. The summed E-state index contributed by atoms with van der Waals surface area (Å²) in [6, 6.07) is 12.5. The van der Waals surface area contributed by atoms with E-state index in [-0.39, 0.29) is 12.4 Å². The summed E-state index contributed by atoms with van der Waals surface area (Å²) in [7, 11) is 0. The molecule has 0 amide bonds. The fourth-order valence-electron chi connectivity index (χ4n) is 1.99. The lowest BCUT2D eigenvalue weighted by Gasteiger charge is -2.13. The Labute approximate surface area is 148 Å². The monoisotopic (exact) mass is 389 g/mol. The molecule has 0 aromatic heterocycles. The van der Waals surface area contributed by atoms with Crippen LogP contribution >= 0.6 is 15.9 Å². The molecule has 0 aliphatic carbocycles. The molecule has 2 rings (SSSR count). The number of carbonyl (C=O) groups is 1. The molecule has 0 unspecified atom stereocenters. The van der Waals surface area contributed by atoms with Crippen LogP contribution in [0.1, 0.15) is 18.1 Å². The molecule has 2 aromatic rings. The largest absolute Gasteiger partial charge is 0.490 e. The number of hydrogen-bond donors (Lipinski definition) is 0. The number of benzene rings is 2. The molecule has 0 spiro atoms. The maximum atomic E-state index is 12.0. The minimum atomic E-state index is -0.567.